The second-order valence-corrected chi connectivity index (χ2v) is 9.69. The SMILES string of the molecule is CCCCCCCCOC(=O)Oc1c2ccccc2c(OC(=O)OCCCCCCCC)c2ccccc12. The number of carbonyl (C=O) groups excluding carboxylic acids is 2. The highest BCUT2D eigenvalue weighted by Gasteiger charge is 2.21. The van der Waals surface area contributed by atoms with E-state index in [9.17, 15) is 9.59 Å². The van der Waals surface area contributed by atoms with Crippen LogP contribution in [0.3, 0.4) is 0 Å². The van der Waals surface area contributed by atoms with Crippen molar-refractivity contribution in [2.75, 3.05) is 13.2 Å². The summed E-state index contributed by atoms with van der Waals surface area (Å²) in [6, 6.07) is 14.8. The van der Waals surface area contributed by atoms with E-state index in [0.29, 0.717) is 46.3 Å². The van der Waals surface area contributed by atoms with E-state index in [2.05, 4.69) is 13.8 Å². The molecule has 0 saturated heterocycles. The van der Waals surface area contributed by atoms with Gasteiger partial charge in [0.1, 0.15) is 11.5 Å². The number of hydrogen-bond acceptors (Lipinski definition) is 6. The molecule has 0 aliphatic heterocycles. The number of hydrogen-bond donors (Lipinski definition) is 0. The van der Waals surface area contributed by atoms with Gasteiger partial charge < -0.3 is 18.9 Å². The zero-order valence-corrected chi connectivity index (χ0v) is 23.0. The van der Waals surface area contributed by atoms with Gasteiger partial charge >= 0.3 is 12.3 Å². The highest BCUT2D eigenvalue weighted by atomic mass is 16.7. The molecular weight excluding hydrogens is 480 g/mol. The van der Waals surface area contributed by atoms with E-state index in [-0.39, 0.29) is 0 Å². The van der Waals surface area contributed by atoms with Gasteiger partial charge in [-0.2, -0.15) is 0 Å². The van der Waals surface area contributed by atoms with Gasteiger partial charge in [0.2, 0.25) is 0 Å². The van der Waals surface area contributed by atoms with E-state index in [1.807, 2.05) is 48.5 Å². The normalized spacial score (nSPS) is 11.0. The number of fused-ring (bicyclic) bond motifs is 2. The molecule has 0 spiro atoms. The molecule has 3 rings (SSSR count). The minimum absolute atomic E-state index is 0.326. The Morgan fingerprint density at radius 2 is 0.816 bits per heavy atom. The van der Waals surface area contributed by atoms with E-state index in [1.54, 1.807) is 0 Å². The van der Waals surface area contributed by atoms with E-state index in [1.165, 1.54) is 38.5 Å². The first-order chi connectivity index (χ1) is 18.7. The van der Waals surface area contributed by atoms with Crippen LogP contribution in [0.25, 0.3) is 21.5 Å². The lowest BCUT2D eigenvalue weighted by Crippen LogP contribution is -2.14. The van der Waals surface area contributed by atoms with Crippen molar-refractivity contribution in [3.05, 3.63) is 48.5 Å². The van der Waals surface area contributed by atoms with Gasteiger partial charge in [-0.1, -0.05) is 127 Å². The lowest BCUT2D eigenvalue weighted by Gasteiger charge is -2.16. The van der Waals surface area contributed by atoms with E-state index >= 15 is 0 Å². The molecule has 0 atom stereocenters. The Morgan fingerprint density at radius 3 is 1.16 bits per heavy atom. The summed E-state index contributed by atoms with van der Waals surface area (Å²) in [7, 11) is 0. The summed E-state index contributed by atoms with van der Waals surface area (Å²) in [6.07, 6.45) is 11.8. The molecule has 0 radical (unpaired) electrons. The third-order valence-corrected chi connectivity index (χ3v) is 6.64. The number of carbonyl (C=O) groups is 2. The molecule has 0 aliphatic rings. The van der Waals surface area contributed by atoms with Gasteiger partial charge in [0, 0.05) is 21.5 Å². The Hall–Kier alpha value is -3.28. The Bertz CT molecular complexity index is 1010. The van der Waals surface area contributed by atoms with E-state index in [4.69, 9.17) is 18.9 Å². The minimum Gasteiger partial charge on any atom is -0.434 e. The lowest BCUT2D eigenvalue weighted by molar-refractivity contribution is 0.0965. The number of ether oxygens (including phenoxy) is 4. The maximum Gasteiger partial charge on any atom is 0.513 e. The first-order valence-electron chi connectivity index (χ1n) is 14.3. The Morgan fingerprint density at radius 1 is 0.500 bits per heavy atom. The van der Waals surface area contributed by atoms with Gasteiger partial charge in [0.25, 0.3) is 0 Å². The van der Waals surface area contributed by atoms with Gasteiger partial charge in [-0.15, -0.1) is 0 Å². The Balaban J connectivity index is 1.68. The van der Waals surface area contributed by atoms with Gasteiger partial charge in [0.05, 0.1) is 13.2 Å². The summed E-state index contributed by atoms with van der Waals surface area (Å²) in [5.41, 5.74) is 0. The molecular formula is C32H42O6. The van der Waals surface area contributed by atoms with Crippen molar-refractivity contribution >= 4 is 33.9 Å². The van der Waals surface area contributed by atoms with Crippen LogP contribution in [0.4, 0.5) is 9.59 Å². The predicted molar refractivity (Wildman–Crippen MR) is 152 cm³/mol. The van der Waals surface area contributed by atoms with E-state index < -0.39 is 12.3 Å². The average Bonchev–Trinajstić information content (AvgIpc) is 2.93. The minimum atomic E-state index is -0.735. The molecule has 0 aromatic heterocycles. The van der Waals surface area contributed by atoms with Gasteiger partial charge in [-0.25, -0.2) is 9.59 Å². The Labute approximate surface area is 226 Å². The maximum atomic E-state index is 12.6. The monoisotopic (exact) mass is 522 g/mol. The fourth-order valence-electron chi connectivity index (χ4n) is 4.57. The molecule has 0 bridgehead atoms. The molecule has 0 unspecified atom stereocenters. The van der Waals surface area contributed by atoms with Crippen LogP contribution in [0.2, 0.25) is 0 Å². The van der Waals surface area contributed by atoms with Crippen LogP contribution >= 0.6 is 0 Å². The molecule has 3 aromatic rings. The van der Waals surface area contributed by atoms with Crippen LogP contribution in [-0.2, 0) is 9.47 Å². The summed E-state index contributed by atoms with van der Waals surface area (Å²) in [4.78, 5) is 25.2. The average molecular weight is 523 g/mol. The molecule has 0 fully saturated rings. The van der Waals surface area contributed by atoms with Crippen LogP contribution in [0.5, 0.6) is 11.5 Å². The Kier molecular flexibility index (Phi) is 12.7. The van der Waals surface area contributed by atoms with Gasteiger partial charge in [-0.05, 0) is 12.8 Å². The summed E-state index contributed by atoms with van der Waals surface area (Å²) in [5.74, 6) is 0.772. The smallest absolute Gasteiger partial charge is 0.434 e. The summed E-state index contributed by atoms with van der Waals surface area (Å²) < 4.78 is 22.2. The van der Waals surface area contributed by atoms with Crippen molar-refractivity contribution in [3.63, 3.8) is 0 Å². The van der Waals surface area contributed by atoms with Crippen LogP contribution in [0, 0.1) is 0 Å². The van der Waals surface area contributed by atoms with Crippen LogP contribution < -0.4 is 9.47 Å². The molecule has 0 heterocycles. The van der Waals surface area contributed by atoms with Crippen molar-refractivity contribution in [2.24, 2.45) is 0 Å². The number of unbranched alkanes of at least 4 members (excludes halogenated alkanes) is 10. The summed E-state index contributed by atoms with van der Waals surface area (Å²) >= 11 is 0. The topological polar surface area (TPSA) is 71.1 Å². The van der Waals surface area contributed by atoms with Gasteiger partial charge in [-0.3, -0.25) is 0 Å². The first kappa shape index (κ1) is 29.3. The van der Waals surface area contributed by atoms with Crippen molar-refractivity contribution in [2.45, 2.75) is 90.9 Å². The first-order valence-corrected chi connectivity index (χ1v) is 14.3. The molecule has 206 valence electrons. The molecule has 0 N–H and O–H groups in total. The molecule has 6 heteroatoms. The second-order valence-electron chi connectivity index (χ2n) is 9.69. The van der Waals surface area contributed by atoms with E-state index in [0.717, 1.165) is 38.5 Å². The van der Waals surface area contributed by atoms with Crippen molar-refractivity contribution in [1.82, 2.24) is 0 Å². The third-order valence-electron chi connectivity index (χ3n) is 6.64. The molecule has 0 saturated carbocycles. The maximum absolute atomic E-state index is 12.6. The zero-order valence-electron chi connectivity index (χ0n) is 23.0. The second kappa shape index (κ2) is 16.5. The molecule has 0 aliphatic carbocycles. The molecule has 3 aromatic carbocycles. The van der Waals surface area contributed by atoms with Crippen LogP contribution in [-0.4, -0.2) is 25.5 Å². The lowest BCUT2D eigenvalue weighted by atomic mass is 10.0. The third kappa shape index (κ3) is 8.93. The van der Waals surface area contributed by atoms with Crippen LogP contribution in [0.1, 0.15) is 90.9 Å². The zero-order chi connectivity index (χ0) is 27.0. The molecule has 0 amide bonds. The standard InChI is InChI=1S/C32H42O6/c1-3-5-7-9-11-17-23-35-31(33)37-29-25-19-13-15-21-27(25)30(28-22-16-14-20-26(28)29)38-32(34)36-24-18-12-10-8-6-4-2/h13-16,19-22H,3-12,17-18,23-24H2,1-2H3. The van der Waals surface area contributed by atoms with Crippen molar-refractivity contribution in [3.8, 4) is 11.5 Å². The van der Waals surface area contributed by atoms with Gasteiger partial charge in [0.15, 0.2) is 0 Å². The summed E-state index contributed by atoms with van der Waals surface area (Å²) in [6.45, 7) is 5.03. The van der Waals surface area contributed by atoms with Crippen molar-refractivity contribution in [1.29, 1.82) is 0 Å². The van der Waals surface area contributed by atoms with Crippen LogP contribution in [0.15, 0.2) is 48.5 Å². The fourth-order valence-corrected chi connectivity index (χ4v) is 4.57. The number of rotatable bonds is 16. The molecule has 6 nitrogen and oxygen atoms in total. The highest BCUT2D eigenvalue weighted by Crippen LogP contribution is 2.43. The highest BCUT2D eigenvalue weighted by molar-refractivity contribution is 6.12. The molecule has 38 heavy (non-hydrogen) atoms. The number of benzene rings is 3. The van der Waals surface area contributed by atoms with Crippen molar-refractivity contribution < 1.29 is 28.5 Å². The largest absolute Gasteiger partial charge is 0.513 e. The fraction of sp³-hybridized carbons (Fsp3) is 0.500. The summed E-state index contributed by atoms with van der Waals surface area (Å²) in [5, 5.41) is 2.62. The predicted octanol–water partition coefficient (Wildman–Crippen LogP) is 9.74. The quantitative estimate of drug-likeness (QED) is 0.0807.